The summed E-state index contributed by atoms with van der Waals surface area (Å²) in [5, 5.41) is 9.02. The van der Waals surface area contributed by atoms with Crippen molar-refractivity contribution in [2.75, 3.05) is 13.6 Å². The van der Waals surface area contributed by atoms with Gasteiger partial charge in [0.1, 0.15) is 6.04 Å². The normalized spacial score (nSPS) is 27.6. The van der Waals surface area contributed by atoms with E-state index in [0.29, 0.717) is 6.42 Å². The Bertz CT molecular complexity index is 317. The predicted molar refractivity (Wildman–Crippen MR) is 54.1 cm³/mol. The third-order valence-corrected chi connectivity index (χ3v) is 3.06. The van der Waals surface area contributed by atoms with Crippen LogP contribution >= 0.6 is 0 Å². The van der Waals surface area contributed by atoms with E-state index in [0.717, 1.165) is 19.4 Å². The SMILES string of the molecule is CN1CC2=C(CCC=C2)CC1C(=O)O. The molecule has 0 aromatic rings. The van der Waals surface area contributed by atoms with E-state index in [1.807, 2.05) is 11.9 Å². The number of allylic oxidation sites excluding steroid dienone is 1. The maximum absolute atomic E-state index is 11.0. The fourth-order valence-corrected chi connectivity index (χ4v) is 2.20. The summed E-state index contributed by atoms with van der Waals surface area (Å²) in [4.78, 5) is 12.9. The van der Waals surface area contributed by atoms with Crippen LogP contribution in [0.4, 0.5) is 0 Å². The molecule has 1 N–H and O–H groups in total. The summed E-state index contributed by atoms with van der Waals surface area (Å²) < 4.78 is 0. The molecule has 0 bridgehead atoms. The lowest BCUT2D eigenvalue weighted by Crippen LogP contribution is -2.43. The fourth-order valence-electron chi connectivity index (χ4n) is 2.20. The quantitative estimate of drug-likeness (QED) is 0.684. The number of rotatable bonds is 1. The van der Waals surface area contributed by atoms with E-state index in [-0.39, 0.29) is 6.04 Å². The topological polar surface area (TPSA) is 40.5 Å². The molecule has 76 valence electrons. The van der Waals surface area contributed by atoms with Gasteiger partial charge in [0.05, 0.1) is 0 Å². The minimum Gasteiger partial charge on any atom is -0.480 e. The van der Waals surface area contributed by atoms with Gasteiger partial charge in [0.15, 0.2) is 0 Å². The van der Waals surface area contributed by atoms with Gasteiger partial charge in [0.25, 0.3) is 0 Å². The van der Waals surface area contributed by atoms with Crippen molar-refractivity contribution in [3.8, 4) is 0 Å². The number of carbonyl (C=O) groups is 1. The second kappa shape index (κ2) is 3.58. The first-order valence-electron chi connectivity index (χ1n) is 4.99. The number of carboxylic acids is 1. The molecular formula is C11H15NO2. The van der Waals surface area contributed by atoms with Gasteiger partial charge < -0.3 is 5.11 Å². The maximum Gasteiger partial charge on any atom is 0.321 e. The van der Waals surface area contributed by atoms with Gasteiger partial charge >= 0.3 is 5.97 Å². The number of likely N-dealkylation sites (N-methyl/N-ethyl adjacent to an activating group) is 1. The van der Waals surface area contributed by atoms with Crippen LogP contribution < -0.4 is 0 Å². The Balaban J connectivity index is 2.21. The second-order valence-electron chi connectivity index (χ2n) is 4.04. The molecule has 14 heavy (non-hydrogen) atoms. The predicted octanol–water partition coefficient (Wildman–Crippen LogP) is 1.42. The molecule has 0 saturated heterocycles. The van der Waals surface area contributed by atoms with Gasteiger partial charge in [-0.1, -0.05) is 17.7 Å². The highest BCUT2D eigenvalue weighted by molar-refractivity contribution is 5.74. The average molecular weight is 193 g/mol. The minimum absolute atomic E-state index is 0.319. The van der Waals surface area contributed by atoms with Crippen LogP contribution in [0.5, 0.6) is 0 Å². The Kier molecular flexibility index (Phi) is 2.42. The van der Waals surface area contributed by atoms with Gasteiger partial charge in [0, 0.05) is 6.54 Å². The first kappa shape index (κ1) is 9.46. The third kappa shape index (κ3) is 1.60. The molecule has 1 unspecified atom stereocenters. The van der Waals surface area contributed by atoms with Crippen LogP contribution in [0.25, 0.3) is 0 Å². The zero-order valence-electron chi connectivity index (χ0n) is 8.36. The van der Waals surface area contributed by atoms with Crippen molar-refractivity contribution in [1.29, 1.82) is 0 Å². The Morgan fingerprint density at radius 1 is 1.64 bits per heavy atom. The van der Waals surface area contributed by atoms with Gasteiger partial charge in [-0.25, -0.2) is 0 Å². The van der Waals surface area contributed by atoms with Crippen molar-refractivity contribution < 1.29 is 9.90 Å². The summed E-state index contributed by atoms with van der Waals surface area (Å²) >= 11 is 0. The largest absolute Gasteiger partial charge is 0.480 e. The zero-order valence-corrected chi connectivity index (χ0v) is 8.36. The molecule has 0 saturated carbocycles. The molecular weight excluding hydrogens is 178 g/mol. The van der Waals surface area contributed by atoms with Gasteiger partial charge in [-0.15, -0.1) is 0 Å². The molecule has 0 aromatic heterocycles. The van der Waals surface area contributed by atoms with Gasteiger partial charge in [-0.2, -0.15) is 0 Å². The molecule has 1 aliphatic carbocycles. The number of aliphatic carboxylic acids is 1. The van der Waals surface area contributed by atoms with E-state index in [2.05, 4.69) is 12.2 Å². The first-order chi connectivity index (χ1) is 6.68. The minimum atomic E-state index is -0.700. The highest BCUT2D eigenvalue weighted by atomic mass is 16.4. The van der Waals surface area contributed by atoms with Gasteiger partial charge in [-0.05, 0) is 31.9 Å². The lowest BCUT2D eigenvalue weighted by atomic mass is 9.88. The van der Waals surface area contributed by atoms with E-state index < -0.39 is 5.97 Å². The van der Waals surface area contributed by atoms with Crippen LogP contribution in [-0.2, 0) is 4.79 Å². The molecule has 0 amide bonds. The number of nitrogens with zero attached hydrogens (tertiary/aromatic N) is 1. The molecule has 1 aliphatic heterocycles. The summed E-state index contributed by atoms with van der Waals surface area (Å²) in [6, 6.07) is -0.319. The molecule has 0 aromatic carbocycles. The van der Waals surface area contributed by atoms with Crippen LogP contribution in [0.1, 0.15) is 19.3 Å². The molecule has 0 spiro atoms. The van der Waals surface area contributed by atoms with Crippen molar-refractivity contribution >= 4 is 5.97 Å². The Morgan fingerprint density at radius 2 is 2.43 bits per heavy atom. The smallest absolute Gasteiger partial charge is 0.321 e. The van der Waals surface area contributed by atoms with E-state index in [9.17, 15) is 4.79 Å². The van der Waals surface area contributed by atoms with Crippen LogP contribution in [0.2, 0.25) is 0 Å². The second-order valence-corrected chi connectivity index (χ2v) is 4.04. The summed E-state index contributed by atoms with van der Waals surface area (Å²) in [7, 11) is 1.88. The van der Waals surface area contributed by atoms with Crippen LogP contribution in [0.15, 0.2) is 23.3 Å². The van der Waals surface area contributed by atoms with Crippen molar-refractivity contribution in [2.24, 2.45) is 0 Å². The van der Waals surface area contributed by atoms with E-state index in [4.69, 9.17) is 5.11 Å². The number of carboxylic acid groups (broad SMARTS) is 1. The highest BCUT2D eigenvalue weighted by Crippen LogP contribution is 2.29. The molecule has 1 heterocycles. The first-order valence-corrected chi connectivity index (χ1v) is 4.99. The Hall–Kier alpha value is -1.09. The van der Waals surface area contributed by atoms with Gasteiger partial charge in [0.2, 0.25) is 0 Å². The molecule has 3 nitrogen and oxygen atoms in total. The lowest BCUT2D eigenvalue weighted by molar-refractivity contribution is -0.142. The summed E-state index contributed by atoms with van der Waals surface area (Å²) in [5.74, 6) is -0.700. The summed E-state index contributed by atoms with van der Waals surface area (Å²) in [5.41, 5.74) is 2.68. The van der Waals surface area contributed by atoms with E-state index >= 15 is 0 Å². The molecule has 1 atom stereocenters. The van der Waals surface area contributed by atoms with Crippen molar-refractivity contribution in [3.63, 3.8) is 0 Å². The fraction of sp³-hybridized carbons (Fsp3) is 0.545. The molecule has 2 aliphatic rings. The average Bonchev–Trinajstić information content (AvgIpc) is 2.16. The van der Waals surface area contributed by atoms with E-state index in [1.54, 1.807) is 0 Å². The van der Waals surface area contributed by atoms with Crippen molar-refractivity contribution in [2.45, 2.75) is 25.3 Å². The van der Waals surface area contributed by atoms with Crippen LogP contribution in [0.3, 0.4) is 0 Å². The number of hydrogen-bond donors (Lipinski definition) is 1. The molecule has 0 fully saturated rings. The van der Waals surface area contributed by atoms with Crippen LogP contribution in [-0.4, -0.2) is 35.6 Å². The monoisotopic (exact) mass is 193 g/mol. The lowest BCUT2D eigenvalue weighted by Gasteiger charge is -2.33. The van der Waals surface area contributed by atoms with Crippen LogP contribution in [0, 0.1) is 0 Å². The van der Waals surface area contributed by atoms with Gasteiger partial charge in [-0.3, -0.25) is 9.69 Å². The molecule has 2 rings (SSSR count). The molecule has 0 radical (unpaired) electrons. The molecule has 3 heteroatoms. The summed E-state index contributed by atoms with van der Waals surface area (Å²) in [6.07, 6.45) is 7.13. The Labute approximate surface area is 83.7 Å². The summed E-state index contributed by atoms with van der Waals surface area (Å²) in [6.45, 7) is 0.781. The zero-order chi connectivity index (χ0) is 10.1. The maximum atomic E-state index is 11.0. The highest BCUT2D eigenvalue weighted by Gasteiger charge is 2.29. The standard InChI is InChI=1S/C11H15NO2/c1-12-7-9-5-3-2-4-8(9)6-10(12)11(13)14/h3,5,10H,2,4,6-7H2,1H3,(H,13,14). The van der Waals surface area contributed by atoms with Crippen molar-refractivity contribution in [3.05, 3.63) is 23.3 Å². The van der Waals surface area contributed by atoms with Crippen molar-refractivity contribution in [1.82, 2.24) is 4.90 Å². The third-order valence-electron chi connectivity index (χ3n) is 3.06. The number of hydrogen-bond acceptors (Lipinski definition) is 2. The Morgan fingerprint density at radius 3 is 3.14 bits per heavy atom. The van der Waals surface area contributed by atoms with E-state index in [1.165, 1.54) is 11.1 Å².